The van der Waals surface area contributed by atoms with E-state index >= 15 is 0 Å². The second-order valence-electron chi connectivity index (χ2n) is 11.2. The number of unbranched alkanes of at least 4 members (excludes halogenated alkanes) is 1. The van der Waals surface area contributed by atoms with Crippen LogP contribution >= 0.6 is 0 Å². The van der Waals surface area contributed by atoms with Crippen molar-refractivity contribution < 1.29 is 27.5 Å². The average molecular weight is 638 g/mol. The lowest BCUT2D eigenvalue weighted by molar-refractivity contribution is -0.123. The Bertz CT molecular complexity index is 1460. The number of sulfonamides is 1. The number of benzene rings is 3. The number of nitrogens with two attached hydrogens (primary N) is 2. The first-order chi connectivity index (χ1) is 21.4. The molecule has 0 unspecified atom stereocenters. The fourth-order valence-corrected chi connectivity index (χ4v) is 6.91. The van der Waals surface area contributed by atoms with Gasteiger partial charge < -0.3 is 26.8 Å². The van der Waals surface area contributed by atoms with Gasteiger partial charge in [-0.25, -0.2) is 13.2 Å². The van der Waals surface area contributed by atoms with Gasteiger partial charge in [0.25, 0.3) is 0 Å². The summed E-state index contributed by atoms with van der Waals surface area (Å²) in [6, 6.07) is 22.5. The zero-order chi connectivity index (χ0) is 33.0. The molecule has 3 amide bonds. The summed E-state index contributed by atoms with van der Waals surface area (Å²) in [7, 11) is -2.81. The number of anilines is 1. The van der Waals surface area contributed by atoms with Gasteiger partial charge in [-0.2, -0.15) is 4.31 Å². The van der Waals surface area contributed by atoms with Gasteiger partial charge in [0, 0.05) is 24.7 Å². The lowest BCUT2D eigenvalue weighted by Gasteiger charge is -2.30. The minimum atomic E-state index is -4.05. The predicted molar refractivity (Wildman–Crippen MR) is 173 cm³/mol. The van der Waals surface area contributed by atoms with Crippen LogP contribution in [0.4, 0.5) is 10.5 Å². The van der Waals surface area contributed by atoms with Gasteiger partial charge in [-0.1, -0.05) is 74.5 Å². The van der Waals surface area contributed by atoms with Crippen LogP contribution < -0.4 is 22.1 Å². The van der Waals surface area contributed by atoms with Gasteiger partial charge in [-0.3, -0.25) is 9.59 Å². The Morgan fingerprint density at radius 2 is 1.42 bits per heavy atom. The largest absolute Gasteiger partial charge is 0.453 e. The smallest absolute Gasteiger partial charge is 0.407 e. The molecule has 0 saturated heterocycles. The van der Waals surface area contributed by atoms with Crippen molar-refractivity contribution in [2.45, 2.75) is 56.0 Å². The molecule has 0 heterocycles. The topological polar surface area (TPSA) is 174 Å². The molecule has 12 heteroatoms. The molecule has 242 valence electrons. The number of carbonyl (C=O) groups is 3. The monoisotopic (exact) mass is 637 g/mol. The Labute approximate surface area is 265 Å². The maximum Gasteiger partial charge on any atom is 0.407 e. The molecule has 3 aromatic rings. The Balaban J connectivity index is 1.73. The van der Waals surface area contributed by atoms with E-state index in [2.05, 4.69) is 10.6 Å². The standard InChI is InChI=1S/C33H43N5O6S/c1-23(2)22-38(45(42,43)27-19-17-26(34)18-20-27)28(31(35)39)16-10-11-21-36-32(40)30(37-33(41)44-3)29(24-12-6-4-7-13-24)25-14-8-5-9-15-25/h4-9,12-15,17-20,23,28-30H,10-11,16,21-22,34H2,1-3H3,(H2,35,39)(H,36,40)(H,37,41)/t28-,30+/m1/s1. The summed E-state index contributed by atoms with van der Waals surface area (Å²) in [5, 5.41) is 5.58. The Morgan fingerprint density at radius 1 is 0.867 bits per heavy atom. The summed E-state index contributed by atoms with van der Waals surface area (Å²) in [5.74, 6) is -1.75. The van der Waals surface area contributed by atoms with E-state index in [-0.39, 0.29) is 30.3 Å². The van der Waals surface area contributed by atoms with E-state index in [4.69, 9.17) is 16.2 Å². The molecule has 2 atom stereocenters. The fraction of sp³-hybridized carbons (Fsp3) is 0.364. The van der Waals surface area contributed by atoms with Gasteiger partial charge >= 0.3 is 6.09 Å². The van der Waals surface area contributed by atoms with E-state index in [1.54, 1.807) is 0 Å². The number of hydrogen-bond donors (Lipinski definition) is 4. The zero-order valence-corrected chi connectivity index (χ0v) is 26.7. The van der Waals surface area contributed by atoms with Gasteiger partial charge in [0.1, 0.15) is 12.1 Å². The molecule has 45 heavy (non-hydrogen) atoms. The first kappa shape index (κ1) is 35.1. The van der Waals surface area contributed by atoms with E-state index in [9.17, 15) is 22.8 Å². The van der Waals surface area contributed by atoms with Crippen LogP contribution in [0.3, 0.4) is 0 Å². The van der Waals surface area contributed by atoms with Crippen molar-refractivity contribution in [3.8, 4) is 0 Å². The van der Waals surface area contributed by atoms with Crippen molar-refractivity contribution in [3.05, 3.63) is 96.1 Å². The van der Waals surface area contributed by atoms with Crippen LogP contribution in [0.25, 0.3) is 0 Å². The van der Waals surface area contributed by atoms with Crippen molar-refractivity contribution in [1.82, 2.24) is 14.9 Å². The third-order valence-electron chi connectivity index (χ3n) is 7.30. The summed E-state index contributed by atoms with van der Waals surface area (Å²) in [6.07, 6.45) is 0.241. The molecule has 0 spiro atoms. The molecule has 3 rings (SSSR count). The summed E-state index contributed by atoms with van der Waals surface area (Å²) in [6.45, 7) is 4.03. The SMILES string of the molecule is COC(=O)N[C@H](C(=O)NCCCC[C@H](C(N)=O)N(CC(C)C)S(=O)(=O)c1ccc(N)cc1)C(c1ccccc1)c1ccccc1. The first-order valence-corrected chi connectivity index (χ1v) is 16.3. The highest BCUT2D eigenvalue weighted by atomic mass is 32.2. The Morgan fingerprint density at radius 3 is 1.91 bits per heavy atom. The minimum Gasteiger partial charge on any atom is -0.453 e. The van der Waals surface area contributed by atoms with Crippen LogP contribution in [-0.4, -0.2) is 62.9 Å². The number of rotatable bonds is 16. The lowest BCUT2D eigenvalue weighted by atomic mass is 9.84. The van der Waals surface area contributed by atoms with Crippen LogP contribution in [0.1, 0.15) is 50.2 Å². The van der Waals surface area contributed by atoms with Crippen LogP contribution in [0.15, 0.2) is 89.8 Å². The first-order valence-electron chi connectivity index (χ1n) is 14.8. The Hall–Kier alpha value is -4.42. The van der Waals surface area contributed by atoms with Crippen LogP contribution in [0.5, 0.6) is 0 Å². The molecular formula is C33H43N5O6S. The quantitative estimate of drug-likeness (QED) is 0.137. The average Bonchev–Trinajstić information content (AvgIpc) is 3.02. The number of amides is 3. The normalized spacial score (nSPS) is 12.9. The van der Waals surface area contributed by atoms with Gasteiger partial charge in [0.15, 0.2) is 0 Å². The van der Waals surface area contributed by atoms with E-state index in [0.29, 0.717) is 18.5 Å². The number of ether oxygens (including phenoxy) is 1. The summed E-state index contributed by atoms with van der Waals surface area (Å²) in [4.78, 5) is 38.5. The number of carbonyl (C=O) groups excluding carboxylic acids is 3. The second-order valence-corrected chi connectivity index (χ2v) is 13.0. The van der Waals surface area contributed by atoms with Crippen molar-refractivity contribution in [2.75, 3.05) is 25.9 Å². The molecule has 0 aliphatic carbocycles. The number of nitrogens with zero attached hydrogens (tertiary/aromatic N) is 1. The van der Waals surface area contributed by atoms with E-state index in [1.165, 1.54) is 31.4 Å². The molecule has 3 aromatic carbocycles. The molecule has 11 nitrogen and oxygen atoms in total. The molecule has 0 saturated carbocycles. The molecule has 0 fully saturated rings. The lowest BCUT2D eigenvalue weighted by Crippen LogP contribution is -2.50. The zero-order valence-electron chi connectivity index (χ0n) is 25.9. The van der Waals surface area contributed by atoms with Gasteiger partial charge in [0.05, 0.1) is 12.0 Å². The summed E-state index contributed by atoms with van der Waals surface area (Å²) in [5.41, 5.74) is 13.5. The highest BCUT2D eigenvalue weighted by Gasteiger charge is 2.35. The van der Waals surface area contributed by atoms with Crippen molar-refractivity contribution >= 4 is 33.6 Å². The van der Waals surface area contributed by atoms with Crippen molar-refractivity contribution in [3.63, 3.8) is 0 Å². The maximum atomic E-state index is 13.6. The van der Waals surface area contributed by atoms with E-state index in [0.717, 1.165) is 15.4 Å². The number of hydrogen-bond acceptors (Lipinski definition) is 7. The minimum absolute atomic E-state index is 0.0198. The number of nitrogens with one attached hydrogen (secondary N) is 2. The third-order valence-corrected chi connectivity index (χ3v) is 9.19. The van der Waals surface area contributed by atoms with Crippen molar-refractivity contribution in [2.24, 2.45) is 11.7 Å². The maximum absolute atomic E-state index is 13.6. The highest BCUT2D eigenvalue weighted by Crippen LogP contribution is 2.29. The van der Waals surface area contributed by atoms with E-state index < -0.39 is 45.9 Å². The van der Waals surface area contributed by atoms with Gasteiger partial charge in [-0.05, 0) is 60.6 Å². The molecule has 0 aliphatic heterocycles. The van der Waals surface area contributed by atoms with Gasteiger partial charge in [0.2, 0.25) is 21.8 Å². The summed E-state index contributed by atoms with van der Waals surface area (Å²) >= 11 is 0. The fourth-order valence-electron chi connectivity index (χ4n) is 5.12. The number of alkyl carbamates (subject to hydrolysis) is 1. The highest BCUT2D eigenvalue weighted by molar-refractivity contribution is 7.89. The second kappa shape index (κ2) is 16.6. The van der Waals surface area contributed by atoms with Crippen LogP contribution in [0, 0.1) is 5.92 Å². The Kier molecular flexibility index (Phi) is 12.9. The van der Waals surface area contributed by atoms with Crippen LogP contribution in [0.2, 0.25) is 0 Å². The van der Waals surface area contributed by atoms with Gasteiger partial charge in [-0.15, -0.1) is 0 Å². The predicted octanol–water partition coefficient (Wildman–Crippen LogP) is 3.61. The number of primary amides is 1. The molecule has 0 bridgehead atoms. The number of nitrogen functional groups attached to an aromatic ring is 1. The molecule has 0 aliphatic rings. The summed E-state index contributed by atoms with van der Waals surface area (Å²) < 4.78 is 33.1. The molecule has 0 aromatic heterocycles. The molecule has 6 N–H and O–H groups in total. The molecule has 0 radical (unpaired) electrons. The molecular weight excluding hydrogens is 594 g/mol. The van der Waals surface area contributed by atoms with Crippen LogP contribution in [-0.2, 0) is 24.3 Å². The van der Waals surface area contributed by atoms with Crippen molar-refractivity contribution in [1.29, 1.82) is 0 Å². The third kappa shape index (κ3) is 9.79. The van der Waals surface area contributed by atoms with E-state index in [1.807, 2.05) is 74.5 Å². The number of methoxy groups -OCH3 is 1.